The van der Waals surface area contributed by atoms with E-state index in [1.165, 1.54) is 30.4 Å². The van der Waals surface area contributed by atoms with Gasteiger partial charge in [-0.05, 0) is 62.4 Å². The first-order valence-electron chi connectivity index (χ1n) is 8.67. The first-order chi connectivity index (χ1) is 13.5. The third-order valence-electron chi connectivity index (χ3n) is 3.91. The number of thiazole rings is 1. The average molecular weight is 399 g/mol. The summed E-state index contributed by atoms with van der Waals surface area (Å²) in [5.74, 6) is -0.678. The number of hydrogen-bond donors (Lipinski definition) is 0. The third kappa shape index (κ3) is 4.61. The number of aromatic nitrogens is 1. The van der Waals surface area contributed by atoms with E-state index in [1.807, 2.05) is 6.92 Å². The monoisotopic (exact) mass is 399 g/mol. The van der Waals surface area contributed by atoms with E-state index in [1.54, 1.807) is 41.8 Å². The largest absolute Gasteiger partial charge is 0.494 e. The Kier molecular flexibility index (Phi) is 6.16. The van der Waals surface area contributed by atoms with Crippen molar-refractivity contribution in [1.29, 1.82) is 0 Å². The number of ether oxygens (including phenoxy) is 2. The lowest BCUT2D eigenvalue weighted by Gasteiger charge is -2.12. The van der Waals surface area contributed by atoms with Crippen molar-refractivity contribution in [2.24, 2.45) is 0 Å². The highest BCUT2D eigenvalue weighted by Crippen LogP contribution is 2.24. The highest BCUT2D eigenvalue weighted by Gasteiger charge is 2.22. The SMILES string of the molecule is CCOc1ccc(C(=O)[C@@H](C)OC(=O)c2csc(-c3ccc(F)cc3)n2)cc1. The smallest absolute Gasteiger partial charge is 0.358 e. The summed E-state index contributed by atoms with van der Waals surface area (Å²) in [7, 11) is 0. The molecule has 3 aromatic rings. The Morgan fingerprint density at radius 3 is 2.43 bits per heavy atom. The lowest BCUT2D eigenvalue weighted by atomic mass is 10.1. The second kappa shape index (κ2) is 8.75. The van der Waals surface area contributed by atoms with Gasteiger partial charge < -0.3 is 9.47 Å². The van der Waals surface area contributed by atoms with E-state index in [2.05, 4.69) is 4.98 Å². The van der Waals surface area contributed by atoms with Gasteiger partial charge in [-0.2, -0.15) is 0 Å². The summed E-state index contributed by atoms with van der Waals surface area (Å²) in [5.41, 5.74) is 1.23. The molecule has 0 bridgehead atoms. The van der Waals surface area contributed by atoms with Crippen LogP contribution in [0.25, 0.3) is 10.6 Å². The topological polar surface area (TPSA) is 65.5 Å². The predicted octanol–water partition coefficient (Wildman–Crippen LogP) is 4.78. The molecule has 7 heteroatoms. The maximum Gasteiger partial charge on any atom is 0.358 e. The maximum absolute atomic E-state index is 13.0. The van der Waals surface area contributed by atoms with Crippen LogP contribution in [-0.4, -0.2) is 29.4 Å². The minimum Gasteiger partial charge on any atom is -0.494 e. The third-order valence-corrected chi connectivity index (χ3v) is 4.80. The molecule has 5 nitrogen and oxygen atoms in total. The number of esters is 1. The molecule has 0 radical (unpaired) electrons. The Balaban J connectivity index is 1.65. The van der Waals surface area contributed by atoms with E-state index in [9.17, 15) is 14.0 Å². The lowest BCUT2D eigenvalue weighted by molar-refractivity contribution is 0.0314. The van der Waals surface area contributed by atoms with Crippen LogP contribution in [0.3, 0.4) is 0 Å². The zero-order valence-corrected chi connectivity index (χ0v) is 16.2. The molecule has 0 saturated carbocycles. The molecule has 0 aliphatic carbocycles. The summed E-state index contributed by atoms with van der Waals surface area (Å²) >= 11 is 1.24. The van der Waals surface area contributed by atoms with Crippen LogP contribution in [0.5, 0.6) is 5.75 Å². The Labute approximate surface area is 165 Å². The van der Waals surface area contributed by atoms with Crippen molar-refractivity contribution in [3.63, 3.8) is 0 Å². The van der Waals surface area contributed by atoms with Crippen LogP contribution in [0.2, 0.25) is 0 Å². The fourth-order valence-corrected chi connectivity index (χ4v) is 3.28. The van der Waals surface area contributed by atoms with Gasteiger partial charge in [0.15, 0.2) is 11.8 Å². The molecular weight excluding hydrogens is 381 g/mol. The number of hydrogen-bond acceptors (Lipinski definition) is 6. The van der Waals surface area contributed by atoms with Crippen molar-refractivity contribution in [2.75, 3.05) is 6.61 Å². The number of ketones is 1. The molecule has 0 N–H and O–H groups in total. The van der Waals surface area contributed by atoms with Gasteiger partial charge >= 0.3 is 5.97 Å². The first kappa shape index (κ1) is 19.7. The lowest BCUT2D eigenvalue weighted by Crippen LogP contribution is -2.24. The molecule has 0 saturated heterocycles. The maximum atomic E-state index is 13.0. The second-order valence-corrected chi connectivity index (χ2v) is 6.77. The van der Waals surface area contributed by atoms with Gasteiger partial charge in [0, 0.05) is 16.5 Å². The Morgan fingerprint density at radius 1 is 1.11 bits per heavy atom. The molecule has 3 rings (SSSR count). The number of Topliss-reactive ketones (excluding diaryl/α,β-unsaturated/α-hetero) is 1. The predicted molar refractivity (Wildman–Crippen MR) is 104 cm³/mol. The molecule has 0 fully saturated rings. The molecule has 0 aliphatic heterocycles. The van der Waals surface area contributed by atoms with Gasteiger partial charge in [0.2, 0.25) is 5.78 Å². The van der Waals surface area contributed by atoms with E-state index in [4.69, 9.17) is 9.47 Å². The standard InChI is InChI=1S/C21H18FNO4S/c1-3-26-17-10-6-14(7-11-17)19(24)13(2)27-21(25)18-12-28-20(23-18)15-4-8-16(22)9-5-15/h4-13H,3H2,1-2H3/t13-/m1/s1. The molecule has 1 aromatic heterocycles. The van der Waals surface area contributed by atoms with Gasteiger partial charge in [0.05, 0.1) is 6.61 Å². The van der Waals surface area contributed by atoms with Crippen molar-refractivity contribution in [2.45, 2.75) is 20.0 Å². The van der Waals surface area contributed by atoms with Crippen LogP contribution >= 0.6 is 11.3 Å². The van der Waals surface area contributed by atoms with Crippen LogP contribution in [-0.2, 0) is 4.74 Å². The van der Waals surface area contributed by atoms with Gasteiger partial charge in [-0.25, -0.2) is 14.2 Å². The summed E-state index contributed by atoms with van der Waals surface area (Å²) in [6.45, 7) is 3.93. The highest BCUT2D eigenvalue weighted by molar-refractivity contribution is 7.13. The molecule has 0 aliphatic rings. The Morgan fingerprint density at radius 2 is 1.79 bits per heavy atom. The van der Waals surface area contributed by atoms with E-state index < -0.39 is 12.1 Å². The van der Waals surface area contributed by atoms with E-state index >= 15 is 0 Å². The molecule has 0 unspecified atom stereocenters. The molecule has 0 amide bonds. The quantitative estimate of drug-likeness (QED) is 0.423. The van der Waals surface area contributed by atoms with Crippen molar-refractivity contribution in [3.05, 3.63) is 71.0 Å². The zero-order valence-electron chi connectivity index (χ0n) is 15.3. The number of carbonyl (C=O) groups excluding carboxylic acids is 2. The molecule has 0 spiro atoms. The van der Waals surface area contributed by atoms with Crippen LogP contribution < -0.4 is 4.74 Å². The molecule has 2 aromatic carbocycles. The van der Waals surface area contributed by atoms with Crippen LogP contribution in [0, 0.1) is 5.82 Å². The minimum atomic E-state index is -0.957. The summed E-state index contributed by atoms with van der Waals surface area (Å²) in [4.78, 5) is 29.0. The van der Waals surface area contributed by atoms with Crippen molar-refractivity contribution in [3.8, 4) is 16.3 Å². The second-order valence-electron chi connectivity index (χ2n) is 5.91. The van der Waals surface area contributed by atoms with Gasteiger partial charge in [-0.1, -0.05) is 0 Å². The summed E-state index contributed by atoms with van der Waals surface area (Å²) < 4.78 is 23.6. The number of halogens is 1. The number of nitrogens with zero attached hydrogens (tertiary/aromatic N) is 1. The fraction of sp³-hybridized carbons (Fsp3) is 0.190. The summed E-state index contributed by atoms with van der Waals surface area (Å²) in [6, 6.07) is 12.5. The van der Waals surface area contributed by atoms with Crippen LogP contribution in [0.1, 0.15) is 34.7 Å². The van der Waals surface area contributed by atoms with Gasteiger partial charge in [-0.3, -0.25) is 4.79 Å². The Hall–Kier alpha value is -3.06. The summed E-state index contributed by atoms with van der Waals surface area (Å²) in [5, 5.41) is 2.12. The highest BCUT2D eigenvalue weighted by atomic mass is 32.1. The van der Waals surface area contributed by atoms with Crippen LogP contribution in [0.15, 0.2) is 53.9 Å². The number of benzene rings is 2. The number of rotatable bonds is 7. The molecule has 28 heavy (non-hydrogen) atoms. The number of carbonyl (C=O) groups is 2. The Bertz CT molecular complexity index is 967. The van der Waals surface area contributed by atoms with E-state index in [-0.39, 0.29) is 17.3 Å². The van der Waals surface area contributed by atoms with E-state index in [0.717, 1.165) is 0 Å². The fourth-order valence-electron chi connectivity index (χ4n) is 2.48. The van der Waals surface area contributed by atoms with Crippen molar-refractivity contribution >= 4 is 23.1 Å². The normalized spacial score (nSPS) is 11.7. The van der Waals surface area contributed by atoms with Gasteiger partial charge in [-0.15, -0.1) is 11.3 Å². The van der Waals surface area contributed by atoms with Crippen molar-refractivity contribution < 1.29 is 23.5 Å². The molecular formula is C21H18FNO4S. The minimum absolute atomic E-state index is 0.107. The molecule has 1 atom stereocenters. The van der Waals surface area contributed by atoms with E-state index in [0.29, 0.717) is 28.5 Å². The molecule has 1 heterocycles. The van der Waals surface area contributed by atoms with Gasteiger partial charge in [0.1, 0.15) is 16.6 Å². The van der Waals surface area contributed by atoms with Crippen molar-refractivity contribution in [1.82, 2.24) is 4.98 Å². The summed E-state index contributed by atoms with van der Waals surface area (Å²) in [6.07, 6.45) is -0.957. The zero-order chi connectivity index (χ0) is 20.1. The first-order valence-corrected chi connectivity index (χ1v) is 9.55. The average Bonchev–Trinajstić information content (AvgIpc) is 3.19. The van der Waals surface area contributed by atoms with Gasteiger partial charge in [0.25, 0.3) is 0 Å². The molecule has 144 valence electrons. The van der Waals surface area contributed by atoms with Crippen LogP contribution in [0.4, 0.5) is 4.39 Å².